The van der Waals surface area contributed by atoms with Gasteiger partial charge < -0.3 is 36.1 Å². The molecule has 6 N–H and O–H groups in total. The largest absolute Gasteiger partial charge is 0.494 e. The van der Waals surface area contributed by atoms with Gasteiger partial charge in [0.25, 0.3) is 0 Å². The molecule has 0 bridgehead atoms. The molecule has 1 aromatic heterocycles. The first kappa shape index (κ1) is 46.8. The number of urea groups is 1. The number of methoxy groups -OCH3 is 1. The number of amides is 5. The number of hydrogen-bond donors (Lipinski definition) is 5. The summed E-state index contributed by atoms with van der Waals surface area (Å²) in [7, 11) is 3.14. The fourth-order valence-corrected chi connectivity index (χ4v) is 10.8. The van der Waals surface area contributed by atoms with Crippen LogP contribution in [-0.4, -0.2) is 96.9 Å². The molecule has 18 heteroatoms. The number of nitrogens with one attached hydrogen (secondary N) is 4. The predicted molar refractivity (Wildman–Crippen MR) is 255 cm³/mol. The number of aryl methyl sites for hydroxylation is 1. The van der Waals surface area contributed by atoms with Gasteiger partial charge in [0.15, 0.2) is 23.0 Å². The Kier molecular flexibility index (Phi) is 13.3. The maximum Gasteiger partial charge on any atom is 0.329 e. The topological polar surface area (TPSA) is 185 Å². The first-order valence-electron chi connectivity index (χ1n) is 23.3. The van der Waals surface area contributed by atoms with Crippen molar-refractivity contribution in [2.24, 2.45) is 18.7 Å². The van der Waals surface area contributed by atoms with E-state index in [0.717, 1.165) is 67.5 Å². The van der Waals surface area contributed by atoms with Crippen molar-refractivity contribution in [3.63, 3.8) is 0 Å². The quantitative estimate of drug-likeness (QED) is 0.0780. The molecule has 2 saturated heterocycles. The Morgan fingerprint density at radius 1 is 0.971 bits per heavy atom. The van der Waals surface area contributed by atoms with Crippen LogP contribution in [0.5, 0.6) is 11.5 Å². The van der Waals surface area contributed by atoms with E-state index in [2.05, 4.69) is 31.3 Å². The van der Waals surface area contributed by atoms with Gasteiger partial charge in [0.1, 0.15) is 11.6 Å². The van der Waals surface area contributed by atoms with E-state index < -0.39 is 35.1 Å². The van der Waals surface area contributed by atoms with Crippen molar-refractivity contribution < 1.29 is 37.4 Å². The SMILES string of the molecule is COc1ccc(C(N)=O)c(-c2c(Cl)c(F)cc3c2C(C)C(CNC2CCC(C(=O)NCCN4CCC(Nc5ccc6c(N7CCC(=O)NC7=O)nn(C)c6c5)CC4)CC2)(c2ccccc2)O3)c1F. The monoisotopic (exact) mass is 951 g/mol. The zero-order valence-corrected chi connectivity index (χ0v) is 39.1. The molecule has 4 aromatic carbocycles. The highest BCUT2D eigenvalue weighted by molar-refractivity contribution is 6.34. The third-order valence-corrected chi connectivity index (χ3v) is 14.7. The van der Waals surface area contributed by atoms with Crippen LogP contribution in [0, 0.1) is 17.6 Å². The fourth-order valence-electron chi connectivity index (χ4n) is 10.5. The van der Waals surface area contributed by atoms with Gasteiger partial charge in [0.2, 0.25) is 17.7 Å². The number of primary amides is 1. The number of rotatable bonds is 14. The summed E-state index contributed by atoms with van der Waals surface area (Å²) < 4.78 is 45.7. The number of ether oxygens (including phenoxy) is 2. The third-order valence-electron chi connectivity index (χ3n) is 14.3. The lowest BCUT2D eigenvalue weighted by Gasteiger charge is -2.37. The van der Waals surface area contributed by atoms with Gasteiger partial charge in [-0.2, -0.15) is 5.10 Å². The molecule has 3 fully saturated rings. The molecule has 2 unspecified atom stereocenters. The maximum absolute atomic E-state index is 16.2. The second-order valence-corrected chi connectivity index (χ2v) is 18.7. The summed E-state index contributed by atoms with van der Waals surface area (Å²) in [4.78, 5) is 54.1. The van der Waals surface area contributed by atoms with Crippen molar-refractivity contribution in [3.05, 3.63) is 100 Å². The zero-order valence-electron chi connectivity index (χ0n) is 38.3. The summed E-state index contributed by atoms with van der Waals surface area (Å²) >= 11 is 6.68. The Labute approximate surface area is 398 Å². The molecule has 1 aliphatic carbocycles. The summed E-state index contributed by atoms with van der Waals surface area (Å²) in [6.45, 7) is 5.66. The minimum atomic E-state index is -1.07. The maximum atomic E-state index is 16.2. The van der Waals surface area contributed by atoms with Gasteiger partial charge in [-0.1, -0.05) is 48.9 Å². The van der Waals surface area contributed by atoms with Crippen LogP contribution in [-0.2, 0) is 22.2 Å². The number of likely N-dealkylation sites (tertiary alicyclic amines) is 1. The van der Waals surface area contributed by atoms with Gasteiger partial charge in [-0.25, -0.2) is 13.6 Å². The van der Waals surface area contributed by atoms with Gasteiger partial charge in [-0.15, -0.1) is 0 Å². The molecule has 3 aliphatic heterocycles. The molecule has 15 nitrogen and oxygen atoms in total. The van der Waals surface area contributed by atoms with Crippen LogP contribution in [0.2, 0.25) is 5.02 Å². The number of hydrogen-bond acceptors (Lipinski definition) is 10. The number of halogens is 3. The van der Waals surface area contributed by atoms with Crippen molar-refractivity contribution in [2.75, 3.05) is 56.6 Å². The number of carbonyl (C=O) groups is 4. The molecule has 2 atom stereocenters. The van der Waals surface area contributed by atoms with Crippen molar-refractivity contribution in [1.82, 2.24) is 30.6 Å². The van der Waals surface area contributed by atoms with Crippen LogP contribution in [0.1, 0.15) is 79.3 Å². The van der Waals surface area contributed by atoms with Gasteiger partial charge in [-0.05, 0) is 74.4 Å². The molecule has 9 rings (SSSR count). The van der Waals surface area contributed by atoms with E-state index in [1.807, 2.05) is 62.5 Å². The first-order chi connectivity index (χ1) is 32.8. The van der Waals surface area contributed by atoms with Crippen LogP contribution in [0.15, 0.2) is 66.7 Å². The van der Waals surface area contributed by atoms with Crippen LogP contribution in [0.4, 0.5) is 25.1 Å². The lowest BCUT2D eigenvalue weighted by Crippen LogP contribution is -2.49. The standard InChI is InChI=1S/C50H56ClF2N9O6/c1-28-41-39(26-36(52)44(51)43(41)42-35(46(54)64)15-16-38(67-3)45(42)53)68-50(28,30-7-5-4-6-8-30)27-56-31-11-9-29(10-12-31)48(65)55-20-24-61-21-17-32(18-22-61)57-33-13-14-34-37(25-33)60(2)59-47(34)62-23-19-40(63)58-49(62)66/h4-8,13-16,25-26,28-29,31-32,56-57H,9-12,17-24,27H2,1-3H3,(H2,54,64)(H,55,65)(H,58,63,66). The van der Waals surface area contributed by atoms with Crippen LogP contribution in [0.3, 0.4) is 0 Å². The average Bonchev–Trinajstić information content (AvgIpc) is 3.81. The summed E-state index contributed by atoms with van der Waals surface area (Å²) in [5.74, 6) is -2.90. The van der Waals surface area contributed by atoms with Crippen LogP contribution in [0.25, 0.3) is 22.0 Å². The van der Waals surface area contributed by atoms with E-state index >= 15 is 8.78 Å². The van der Waals surface area contributed by atoms with Crippen LogP contribution < -0.4 is 41.4 Å². The van der Waals surface area contributed by atoms with Crippen LogP contribution >= 0.6 is 11.6 Å². The van der Waals surface area contributed by atoms with Gasteiger partial charge in [0.05, 0.1) is 23.2 Å². The van der Waals surface area contributed by atoms with E-state index in [1.165, 1.54) is 30.2 Å². The summed E-state index contributed by atoms with van der Waals surface area (Å²) in [5.41, 5.74) is 7.35. The Morgan fingerprint density at radius 2 is 1.72 bits per heavy atom. The molecule has 5 aromatic rings. The molecule has 1 saturated carbocycles. The molecule has 0 spiro atoms. The molecular formula is C50H56ClF2N9O6. The molecule has 4 aliphatic rings. The number of aromatic nitrogens is 2. The van der Waals surface area contributed by atoms with Crippen molar-refractivity contribution in [1.29, 1.82) is 0 Å². The molecule has 0 radical (unpaired) electrons. The lowest BCUT2D eigenvalue weighted by atomic mass is 9.77. The number of nitrogens with zero attached hydrogens (tertiary/aromatic N) is 4. The normalized spacial score (nSPS) is 22.1. The number of piperidine rings is 1. The highest BCUT2D eigenvalue weighted by Gasteiger charge is 2.50. The first-order valence-corrected chi connectivity index (χ1v) is 23.6. The number of imide groups is 1. The molecule has 358 valence electrons. The second-order valence-electron chi connectivity index (χ2n) is 18.3. The Hall–Kier alpha value is -6.30. The zero-order chi connectivity index (χ0) is 47.9. The second kappa shape index (κ2) is 19.4. The minimum absolute atomic E-state index is 0.00943. The summed E-state index contributed by atoms with van der Waals surface area (Å²) in [6.07, 6.45) is 5.09. The number of fused-ring (bicyclic) bond motifs is 2. The van der Waals surface area contributed by atoms with Crippen molar-refractivity contribution >= 4 is 57.8 Å². The Morgan fingerprint density at radius 3 is 2.43 bits per heavy atom. The molecule has 4 heterocycles. The highest BCUT2D eigenvalue weighted by Crippen LogP contribution is 2.56. The average molecular weight is 953 g/mol. The van der Waals surface area contributed by atoms with Crippen molar-refractivity contribution in [3.8, 4) is 22.6 Å². The summed E-state index contributed by atoms with van der Waals surface area (Å²) in [6, 6.07) is 19.3. The van der Waals surface area contributed by atoms with Crippen molar-refractivity contribution in [2.45, 2.75) is 75.5 Å². The van der Waals surface area contributed by atoms with E-state index in [-0.39, 0.29) is 76.0 Å². The Bertz CT molecular complexity index is 2760. The number of anilines is 2. The van der Waals surface area contributed by atoms with E-state index in [1.54, 1.807) is 4.68 Å². The minimum Gasteiger partial charge on any atom is -0.494 e. The van der Waals surface area contributed by atoms with Gasteiger partial charge >= 0.3 is 6.03 Å². The van der Waals surface area contributed by atoms with Gasteiger partial charge in [-0.3, -0.25) is 29.3 Å². The van der Waals surface area contributed by atoms with E-state index in [9.17, 15) is 19.2 Å². The van der Waals surface area contributed by atoms with E-state index in [4.69, 9.17) is 26.8 Å². The number of benzene rings is 4. The smallest absolute Gasteiger partial charge is 0.329 e. The Balaban J connectivity index is 0.773. The molecule has 68 heavy (non-hydrogen) atoms. The fraction of sp³-hybridized carbons (Fsp3) is 0.420. The number of nitrogens with two attached hydrogens (primary N) is 1. The van der Waals surface area contributed by atoms with E-state index in [0.29, 0.717) is 37.3 Å². The third kappa shape index (κ3) is 8.94. The lowest BCUT2D eigenvalue weighted by molar-refractivity contribution is -0.126. The predicted octanol–water partition coefficient (Wildman–Crippen LogP) is 6.96. The highest BCUT2D eigenvalue weighted by atomic mass is 35.5. The molecule has 5 amide bonds. The molecular weight excluding hydrogens is 896 g/mol. The summed E-state index contributed by atoms with van der Waals surface area (Å²) in [5, 5.41) is 18.0. The van der Waals surface area contributed by atoms with Gasteiger partial charge in [0, 0.05) is 110 Å². The number of carbonyl (C=O) groups excluding carboxylic acids is 4.